The molecular weight excluding hydrogens is 436 g/mol. The number of carbonyl (C=O) groups excluding carboxylic acids is 2. The number of hydrogen-bond donors (Lipinski definition) is 1. The van der Waals surface area contributed by atoms with Gasteiger partial charge in [0.05, 0.1) is 24.8 Å². The van der Waals surface area contributed by atoms with E-state index in [0.717, 1.165) is 11.3 Å². The van der Waals surface area contributed by atoms with Crippen LogP contribution in [0.25, 0.3) is 11.4 Å². The van der Waals surface area contributed by atoms with Crippen LogP contribution in [0.5, 0.6) is 0 Å². The van der Waals surface area contributed by atoms with Crippen molar-refractivity contribution in [2.45, 2.75) is 31.7 Å². The topological polar surface area (TPSA) is 115 Å². The molecule has 2 amide bonds. The second-order valence-corrected chi connectivity index (χ2v) is 8.91. The van der Waals surface area contributed by atoms with E-state index in [1.807, 2.05) is 42.2 Å². The number of aryl methyl sites for hydroxylation is 2. The molecule has 1 aliphatic heterocycles. The van der Waals surface area contributed by atoms with Gasteiger partial charge in [0.2, 0.25) is 17.6 Å². The van der Waals surface area contributed by atoms with Crippen molar-refractivity contribution >= 4 is 11.8 Å². The van der Waals surface area contributed by atoms with Gasteiger partial charge in [-0.15, -0.1) is 0 Å². The van der Waals surface area contributed by atoms with E-state index < -0.39 is 0 Å². The molecule has 10 nitrogen and oxygen atoms in total. The van der Waals surface area contributed by atoms with E-state index >= 15 is 0 Å². The van der Waals surface area contributed by atoms with E-state index in [9.17, 15) is 9.59 Å². The average molecular weight is 465 g/mol. The summed E-state index contributed by atoms with van der Waals surface area (Å²) in [4.78, 5) is 32.8. The number of nitrogens with one attached hydrogen (secondary N) is 1. The Balaban J connectivity index is 1.39. The molecule has 0 unspecified atom stereocenters. The zero-order chi connectivity index (χ0) is 23.7. The Kier molecular flexibility index (Phi) is 6.14. The summed E-state index contributed by atoms with van der Waals surface area (Å²) in [5.41, 5.74) is 2.08. The van der Waals surface area contributed by atoms with Gasteiger partial charge in [-0.1, -0.05) is 35.5 Å². The summed E-state index contributed by atoms with van der Waals surface area (Å²) in [6.07, 6.45) is 1.04. The Bertz CT molecular complexity index is 1170. The van der Waals surface area contributed by atoms with Gasteiger partial charge in [-0.3, -0.25) is 14.3 Å². The van der Waals surface area contributed by atoms with E-state index in [2.05, 4.69) is 20.6 Å². The standard InChI is InChI=1S/C24H28N6O4/c1-15-12-20(29(2)27-15)22(31)25-19-14-17(24(32)30-8-10-33-11-9-30)13-18(19)23-26-21(28-34-23)16-6-4-3-5-7-16/h3-7,12,17-19H,8-11,13-14H2,1-2H3,(H,25,31)/t17-,18-,19+/m1/s1. The predicted octanol–water partition coefficient (Wildman–Crippen LogP) is 1.93. The minimum atomic E-state index is -0.318. The zero-order valence-corrected chi connectivity index (χ0v) is 19.3. The Hall–Kier alpha value is -3.53. The first-order valence-electron chi connectivity index (χ1n) is 11.6. The fourth-order valence-corrected chi connectivity index (χ4v) is 4.87. The second kappa shape index (κ2) is 9.38. The summed E-state index contributed by atoms with van der Waals surface area (Å²) in [5, 5.41) is 11.5. The van der Waals surface area contributed by atoms with Gasteiger partial charge in [0.25, 0.3) is 5.91 Å². The molecule has 3 atom stereocenters. The van der Waals surface area contributed by atoms with Crippen molar-refractivity contribution in [3.05, 3.63) is 53.7 Å². The van der Waals surface area contributed by atoms with Crippen LogP contribution >= 0.6 is 0 Å². The van der Waals surface area contributed by atoms with Crippen LogP contribution in [0.1, 0.15) is 40.8 Å². The lowest BCUT2D eigenvalue weighted by molar-refractivity contribution is -0.139. The third-order valence-corrected chi connectivity index (χ3v) is 6.58. The fraction of sp³-hybridized carbons (Fsp3) is 0.458. The number of rotatable bonds is 5. The number of hydrogen-bond acceptors (Lipinski definition) is 7. The minimum Gasteiger partial charge on any atom is -0.378 e. The number of ether oxygens (including phenoxy) is 1. The van der Waals surface area contributed by atoms with E-state index in [0.29, 0.717) is 56.6 Å². The molecule has 1 aromatic carbocycles. The molecule has 1 saturated heterocycles. The van der Waals surface area contributed by atoms with E-state index in [1.165, 1.54) is 0 Å². The molecule has 3 aromatic rings. The van der Waals surface area contributed by atoms with Gasteiger partial charge in [0.15, 0.2) is 0 Å². The molecule has 0 radical (unpaired) electrons. The van der Waals surface area contributed by atoms with Crippen LogP contribution in [0.15, 0.2) is 40.9 Å². The molecule has 0 bridgehead atoms. The molecule has 3 heterocycles. The van der Waals surface area contributed by atoms with Crippen LogP contribution in [0.4, 0.5) is 0 Å². The van der Waals surface area contributed by atoms with Crippen molar-refractivity contribution in [3.63, 3.8) is 0 Å². The summed E-state index contributed by atoms with van der Waals surface area (Å²) in [6.45, 7) is 4.11. The summed E-state index contributed by atoms with van der Waals surface area (Å²) in [6, 6.07) is 11.0. The normalized spacial score (nSPS) is 22.6. The third kappa shape index (κ3) is 4.45. The van der Waals surface area contributed by atoms with Crippen LogP contribution in [-0.4, -0.2) is 69.0 Å². The fourth-order valence-electron chi connectivity index (χ4n) is 4.87. The average Bonchev–Trinajstić information content (AvgIpc) is 3.58. The number of morpholine rings is 1. The highest BCUT2D eigenvalue weighted by Crippen LogP contribution is 2.39. The van der Waals surface area contributed by atoms with Crippen LogP contribution in [0.2, 0.25) is 0 Å². The highest BCUT2D eigenvalue weighted by molar-refractivity contribution is 5.93. The predicted molar refractivity (Wildman–Crippen MR) is 122 cm³/mol. The highest BCUT2D eigenvalue weighted by Gasteiger charge is 2.44. The van der Waals surface area contributed by atoms with Gasteiger partial charge < -0.3 is 19.5 Å². The van der Waals surface area contributed by atoms with Gasteiger partial charge in [-0.2, -0.15) is 10.1 Å². The van der Waals surface area contributed by atoms with Crippen molar-refractivity contribution in [3.8, 4) is 11.4 Å². The van der Waals surface area contributed by atoms with E-state index in [1.54, 1.807) is 17.8 Å². The lowest BCUT2D eigenvalue weighted by atomic mass is 10.0. The first kappa shape index (κ1) is 22.3. The highest BCUT2D eigenvalue weighted by atomic mass is 16.5. The minimum absolute atomic E-state index is 0.0872. The molecule has 1 N–H and O–H groups in total. The quantitative estimate of drug-likeness (QED) is 0.613. The third-order valence-electron chi connectivity index (χ3n) is 6.58. The largest absolute Gasteiger partial charge is 0.378 e. The first-order chi connectivity index (χ1) is 16.5. The van der Waals surface area contributed by atoms with Crippen molar-refractivity contribution in [2.75, 3.05) is 26.3 Å². The molecule has 2 fully saturated rings. The monoisotopic (exact) mass is 464 g/mol. The Morgan fingerprint density at radius 1 is 1.12 bits per heavy atom. The van der Waals surface area contributed by atoms with Crippen molar-refractivity contribution in [2.24, 2.45) is 13.0 Å². The lowest BCUT2D eigenvalue weighted by Crippen LogP contribution is -2.43. The van der Waals surface area contributed by atoms with E-state index in [-0.39, 0.29) is 29.7 Å². The number of nitrogens with zero attached hydrogens (tertiary/aromatic N) is 5. The summed E-state index contributed by atoms with van der Waals surface area (Å²) in [7, 11) is 1.74. The van der Waals surface area contributed by atoms with Gasteiger partial charge in [0.1, 0.15) is 5.69 Å². The smallest absolute Gasteiger partial charge is 0.269 e. The van der Waals surface area contributed by atoms with Crippen molar-refractivity contribution in [1.29, 1.82) is 0 Å². The van der Waals surface area contributed by atoms with E-state index in [4.69, 9.17) is 9.26 Å². The second-order valence-electron chi connectivity index (χ2n) is 8.91. The van der Waals surface area contributed by atoms with Crippen LogP contribution in [0, 0.1) is 12.8 Å². The van der Waals surface area contributed by atoms with Gasteiger partial charge in [-0.05, 0) is 25.8 Å². The molecule has 10 heteroatoms. The van der Waals surface area contributed by atoms with Crippen molar-refractivity contribution in [1.82, 2.24) is 30.1 Å². The lowest BCUT2D eigenvalue weighted by Gasteiger charge is -2.29. The van der Waals surface area contributed by atoms with Crippen LogP contribution in [-0.2, 0) is 16.6 Å². The number of benzene rings is 1. The SMILES string of the molecule is Cc1cc(C(=O)N[C@H]2C[C@H](C(=O)N3CCOCC3)C[C@H]2c2nc(-c3ccccc3)no2)n(C)n1. The van der Waals surface area contributed by atoms with Gasteiger partial charge in [0, 0.05) is 37.7 Å². The van der Waals surface area contributed by atoms with Crippen LogP contribution in [0.3, 0.4) is 0 Å². The summed E-state index contributed by atoms with van der Waals surface area (Å²) >= 11 is 0. The van der Waals surface area contributed by atoms with Crippen LogP contribution < -0.4 is 5.32 Å². The number of amides is 2. The molecule has 2 aromatic heterocycles. The summed E-state index contributed by atoms with van der Waals surface area (Å²) < 4.78 is 12.6. The molecule has 5 rings (SSSR count). The molecule has 0 spiro atoms. The summed E-state index contributed by atoms with van der Waals surface area (Å²) in [5.74, 6) is 0.269. The Labute approximate surface area is 197 Å². The van der Waals surface area contributed by atoms with Crippen molar-refractivity contribution < 1.29 is 18.8 Å². The number of carbonyl (C=O) groups is 2. The Morgan fingerprint density at radius 3 is 2.59 bits per heavy atom. The molecule has 1 saturated carbocycles. The molecule has 178 valence electrons. The maximum Gasteiger partial charge on any atom is 0.269 e. The molecular formula is C24H28N6O4. The zero-order valence-electron chi connectivity index (χ0n) is 19.3. The number of aromatic nitrogens is 4. The van der Waals surface area contributed by atoms with Gasteiger partial charge in [-0.25, -0.2) is 0 Å². The first-order valence-corrected chi connectivity index (χ1v) is 11.6. The Morgan fingerprint density at radius 2 is 1.88 bits per heavy atom. The molecule has 34 heavy (non-hydrogen) atoms. The maximum absolute atomic E-state index is 13.2. The molecule has 1 aliphatic carbocycles. The maximum atomic E-state index is 13.2. The molecule has 2 aliphatic rings. The van der Waals surface area contributed by atoms with Gasteiger partial charge >= 0.3 is 0 Å².